The van der Waals surface area contributed by atoms with E-state index in [2.05, 4.69) is 30.9 Å². The zero-order valence-electron chi connectivity index (χ0n) is 11.0. The molecule has 106 valence electrons. The molecule has 0 fully saturated rings. The zero-order valence-corrected chi connectivity index (χ0v) is 12.6. The molecule has 3 rings (SSSR count). The van der Waals surface area contributed by atoms with Crippen LogP contribution >= 0.6 is 15.9 Å². The normalized spacial score (nSPS) is 10.8. The number of aromatic amines is 1. The van der Waals surface area contributed by atoms with E-state index in [9.17, 15) is 9.90 Å². The van der Waals surface area contributed by atoms with E-state index in [1.807, 2.05) is 6.07 Å². The van der Waals surface area contributed by atoms with Gasteiger partial charge < -0.3 is 14.7 Å². The molecule has 2 heterocycles. The molecule has 21 heavy (non-hydrogen) atoms. The van der Waals surface area contributed by atoms with Crippen molar-refractivity contribution < 1.29 is 5.11 Å². The van der Waals surface area contributed by atoms with Crippen LogP contribution in [0, 0.1) is 0 Å². The Hall–Kier alpha value is -2.41. The predicted octanol–water partition coefficient (Wildman–Crippen LogP) is 2.31. The number of hydrogen-bond donors (Lipinski definition) is 2. The van der Waals surface area contributed by atoms with E-state index in [0.717, 1.165) is 0 Å². The fourth-order valence-electron chi connectivity index (χ4n) is 2.07. The molecular formula is C14H11BrN4O2. The van der Waals surface area contributed by atoms with Gasteiger partial charge in [-0.1, -0.05) is 34.1 Å². The monoisotopic (exact) mass is 346 g/mol. The van der Waals surface area contributed by atoms with Gasteiger partial charge in [-0.15, -0.1) is 0 Å². The third-order valence-electron chi connectivity index (χ3n) is 3.10. The van der Waals surface area contributed by atoms with Gasteiger partial charge in [0.25, 0.3) is 5.56 Å². The summed E-state index contributed by atoms with van der Waals surface area (Å²) >= 11 is 3.36. The standard InChI is InChI=1S/C14H11BrN4O2/c1-19-7-16-6-10(19)12-17-13(20)11(14(21)18-12)8-4-2-3-5-9(8)15/h2-7H,1H3,(H2,17,18,20,21). The van der Waals surface area contributed by atoms with Crippen molar-refractivity contribution in [1.82, 2.24) is 19.5 Å². The number of benzene rings is 1. The fourth-order valence-corrected chi connectivity index (χ4v) is 2.56. The van der Waals surface area contributed by atoms with Crippen molar-refractivity contribution in [2.24, 2.45) is 7.05 Å². The minimum Gasteiger partial charge on any atom is -0.493 e. The minimum atomic E-state index is -0.411. The number of rotatable bonds is 2. The van der Waals surface area contributed by atoms with E-state index < -0.39 is 5.56 Å². The first-order chi connectivity index (χ1) is 10.1. The highest BCUT2D eigenvalue weighted by molar-refractivity contribution is 9.10. The van der Waals surface area contributed by atoms with Crippen molar-refractivity contribution in [2.45, 2.75) is 0 Å². The molecule has 1 aromatic carbocycles. The number of aromatic hydroxyl groups is 1. The quantitative estimate of drug-likeness (QED) is 0.745. The summed E-state index contributed by atoms with van der Waals surface area (Å²) in [5.74, 6) is -0.0462. The van der Waals surface area contributed by atoms with Crippen LogP contribution in [0.25, 0.3) is 22.6 Å². The van der Waals surface area contributed by atoms with E-state index in [1.165, 1.54) is 0 Å². The number of nitrogens with zero attached hydrogens (tertiary/aromatic N) is 3. The number of aromatic nitrogens is 4. The second-order valence-corrected chi connectivity index (χ2v) is 5.34. The Bertz CT molecular complexity index is 869. The third-order valence-corrected chi connectivity index (χ3v) is 3.79. The lowest BCUT2D eigenvalue weighted by Gasteiger charge is -2.08. The minimum absolute atomic E-state index is 0.133. The Morgan fingerprint density at radius 2 is 2.10 bits per heavy atom. The van der Waals surface area contributed by atoms with Gasteiger partial charge in [0.05, 0.1) is 12.5 Å². The molecule has 0 saturated carbocycles. The second-order valence-electron chi connectivity index (χ2n) is 4.48. The summed E-state index contributed by atoms with van der Waals surface area (Å²) in [6, 6.07) is 7.15. The lowest BCUT2D eigenvalue weighted by molar-refractivity contribution is 0.454. The molecule has 0 amide bonds. The third kappa shape index (κ3) is 2.36. The molecule has 0 aliphatic rings. The molecule has 3 aromatic rings. The summed E-state index contributed by atoms with van der Waals surface area (Å²) in [6.07, 6.45) is 3.16. The van der Waals surface area contributed by atoms with Gasteiger partial charge in [-0.3, -0.25) is 4.79 Å². The molecule has 0 bridgehead atoms. The van der Waals surface area contributed by atoms with Crippen LogP contribution in [0.1, 0.15) is 0 Å². The Morgan fingerprint density at radius 3 is 2.71 bits per heavy atom. The lowest BCUT2D eigenvalue weighted by atomic mass is 10.1. The Morgan fingerprint density at radius 1 is 1.33 bits per heavy atom. The Balaban J connectivity index is 2.21. The van der Waals surface area contributed by atoms with Gasteiger partial charge in [0.1, 0.15) is 11.3 Å². The summed E-state index contributed by atoms with van der Waals surface area (Å²) in [7, 11) is 1.78. The van der Waals surface area contributed by atoms with Gasteiger partial charge in [-0.05, 0) is 6.07 Å². The fraction of sp³-hybridized carbons (Fsp3) is 0.0714. The number of H-pyrrole nitrogens is 1. The van der Waals surface area contributed by atoms with Crippen LogP contribution in [0.3, 0.4) is 0 Å². The lowest BCUT2D eigenvalue weighted by Crippen LogP contribution is -2.13. The molecule has 0 radical (unpaired) electrons. The van der Waals surface area contributed by atoms with E-state index in [4.69, 9.17) is 0 Å². The molecule has 0 aliphatic carbocycles. The summed E-state index contributed by atoms with van der Waals surface area (Å²) in [5, 5.41) is 10.2. The van der Waals surface area contributed by atoms with E-state index in [-0.39, 0.29) is 17.3 Å². The van der Waals surface area contributed by atoms with Gasteiger partial charge in [0, 0.05) is 17.1 Å². The summed E-state index contributed by atoms with van der Waals surface area (Å²) in [6.45, 7) is 0. The highest BCUT2D eigenvalue weighted by Gasteiger charge is 2.16. The number of nitrogens with one attached hydrogen (secondary N) is 1. The van der Waals surface area contributed by atoms with Gasteiger partial charge >= 0.3 is 0 Å². The Labute approximate surface area is 128 Å². The first kappa shape index (κ1) is 13.6. The molecule has 0 saturated heterocycles. The zero-order chi connectivity index (χ0) is 15.0. The molecular weight excluding hydrogens is 336 g/mol. The summed E-state index contributed by atoms with van der Waals surface area (Å²) in [5.41, 5.74) is 0.917. The van der Waals surface area contributed by atoms with Crippen molar-refractivity contribution in [2.75, 3.05) is 0 Å². The number of aryl methyl sites for hydroxylation is 1. The molecule has 0 spiro atoms. The second kappa shape index (κ2) is 5.17. The van der Waals surface area contributed by atoms with Crippen molar-refractivity contribution in [1.29, 1.82) is 0 Å². The van der Waals surface area contributed by atoms with Crippen LogP contribution in [-0.4, -0.2) is 24.6 Å². The van der Waals surface area contributed by atoms with Crippen molar-refractivity contribution in [3.8, 4) is 28.5 Å². The maximum absolute atomic E-state index is 12.3. The van der Waals surface area contributed by atoms with Crippen LogP contribution in [-0.2, 0) is 7.05 Å². The predicted molar refractivity (Wildman–Crippen MR) is 81.9 cm³/mol. The van der Waals surface area contributed by atoms with Crippen LogP contribution in [0.2, 0.25) is 0 Å². The van der Waals surface area contributed by atoms with Crippen LogP contribution in [0.5, 0.6) is 5.88 Å². The van der Waals surface area contributed by atoms with Crippen molar-refractivity contribution in [3.63, 3.8) is 0 Å². The molecule has 0 unspecified atom stereocenters. The highest BCUT2D eigenvalue weighted by Crippen LogP contribution is 2.31. The smallest absolute Gasteiger partial charge is 0.263 e. The first-order valence-corrected chi connectivity index (χ1v) is 6.92. The molecule has 6 nitrogen and oxygen atoms in total. The first-order valence-electron chi connectivity index (χ1n) is 6.13. The number of hydrogen-bond acceptors (Lipinski definition) is 4. The van der Waals surface area contributed by atoms with Gasteiger partial charge in [-0.2, -0.15) is 4.98 Å². The van der Waals surface area contributed by atoms with Crippen LogP contribution in [0.4, 0.5) is 0 Å². The summed E-state index contributed by atoms with van der Waals surface area (Å²) < 4.78 is 2.41. The Kier molecular flexibility index (Phi) is 3.34. The van der Waals surface area contributed by atoms with Crippen LogP contribution in [0.15, 0.2) is 46.1 Å². The van der Waals surface area contributed by atoms with E-state index in [0.29, 0.717) is 15.7 Å². The van der Waals surface area contributed by atoms with Crippen molar-refractivity contribution in [3.05, 3.63) is 51.6 Å². The molecule has 7 heteroatoms. The van der Waals surface area contributed by atoms with Gasteiger partial charge in [-0.25, -0.2) is 4.98 Å². The van der Waals surface area contributed by atoms with Gasteiger partial charge in [0.2, 0.25) is 5.88 Å². The largest absolute Gasteiger partial charge is 0.493 e. The SMILES string of the molecule is Cn1cncc1-c1nc(O)c(-c2ccccc2Br)c(=O)[nH]1. The molecule has 2 aromatic heterocycles. The maximum Gasteiger partial charge on any atom is 0.263 e. The van der Waals surface area contributed by atoms with E-state index >= 15 is 0 Å². The maximum atomic E-state index is 12.3. The molecule has 2 N–H and O–H groups in total. The average molecular weight is 347 g/mol. The molecule has 0 aliphatic heterocycles. The summed E-state index contributed by atoms with van der Waals surface area (Å²) in [4.78, 5) is 23.0. The average Bonchev–Trinajstić information content (AvgIpc) is 2.86. The van der Waals surface area contributed by atoms with Gasteiger partial charge in [0.15, 0.2) is 5.82 Å². The topological polar surface area (TPSA) is 83.8 Å². The number of halogens is 1. The molecule has 0 atom stereocenters. The van der Waals surface area contributed by atoms with Crippen molar-refractivity contribution >= 4 is 15.9 Å². The number of imidazole rings is 1. The van der Waals surface area contributed by atoms with E-state index in [1.54, 1.807) is 42.3 Å². The highest BCUT2D eigenvalue weighted by atomic mass is 79.9. The van der Waals surface area contributed by atoms with Crippen LogP contribution < -0.4 is 5.56 Å².